The first kappa shape index (κ1) is 30.8. The lowest BCUT2D eigenvalue weighted by atomic mass is 10.1. The van der Waals surface area contributed by atoms with Crippen LogP contribution in [0.3, 0.4) is 0 Å². The average molecular weight is 588 g/mol. The maximum absolute atomic E-state index is 14.0. The van der Waals surface area contributed by atoms with E-state index in [2.05, 4.69) is 5.32 Å². The number of hydrogen-bond donors (Lipinski definition) is 1. The van der Waals surface area contributed by atoms with Crippen LogP contribution in [0.4, 0.5) is 5.69 Å². The molecule has 40 heavy (non-hydrogen) atoms. The predicted octanol–water partition coefficient (Wildman–Crippen LogP) is 4.49. The summed E-state index contributed by atoms with van der Waals surface area (Å²) in [6.07, 6.45) is 0. The standard InChI is InChI=1S/C29H34ClN3O6S/c1-20(2)31-29(35)21(3)32(18-22-11-14-24(38-4)15-12-22)28(34)19-33(26-17-23(30)13-16-27(26)39-5)40(36,37)25-9-7-6-8-10-25/h6-17,20-21H,18-19H2,1-5H3,(H,31,35)/t21-/m1/s1. The van der Waals surface area contributed by atoms with Crippen molar-refractivity contribution in [2.24, 2.45) is 0 Å². The Balaban J connectivity index is 2.08. The number of amides is 2. The first-order chi connectivity index (χ1) is 19.0. The van der Waals surface area contributed by atoms with Gasteiger partial charge in [0.25, 0.3) is 10.0 Å². The lowest BCUT2D eigenvalue weighted by Gasteiger charge is -2.32. The normalized spacial score (nSPS) is 12.0. The van der Waals surface area contributed by atoms with Gasteiger partial charge in [-0.2, -0.15) is 0 Å². The number of carbonyl (C=O) groups excluding carboxylic acids is 2. The number of ether oxygens (including phenoxy) is 2. The number of anilines is 1. The Kier molecular flexibility index (Phi) is 10.4. The number of nitrogens with zero attached hydrogens (tertiary/aromatic N) is 2. The van der Waals surface area contributed by atoms with Gasteiger partial charge >= 0.3 is 0 Å². The fourth-order valence-electron chi connectivity index (χ4n) is 4.01. The highest BCUT2D eigenvalue weighted by atomic mass is 35.5. The number of methoxy groups -OCH3 is 2. The van der Waals surface area contributed by atoms with Crippen LogP contribution in [0, 0.1) is 0 Å². The quantitative estimate of drug-likeness (QED) is 0.335. The third-order valence-electron chi connectivity index (χ3n) is 6.13. The molecule has 3 aromatic carbocycles. The fourth-order valence-corrected chi connectivity index (χ4v) is 5.61. The Morgan fingerprint density at radius 1 is 0.925 bits per heavy atom. The molecule has 0 radical (unpaired) electrons. The van der Waals surface area contributed by atoms with E-state index < -0.39 is 28.5 Å². The number of benzene rings is 3. The molecule has 1 N–H and O–H groups in total. The highest BCUT2D eigenvalue weighted by molar-refractivity contribution is 7.92. The smallest absolute Gasteiger partial charge is 0.264 e. The first-order valence-corrected chi connectivity index (χ1v) is 14.4. The highest BCUT2D eigenvalue weighted by Gasteiger charge is 2.34. The molecule has 11 heteroatoms. The zero-order valence-corrected chi connectivity index (χ0v) is 24.7. The number of carbonyl (C=O) groups is 2. The molecule has 2 amide bonds. The molecule has 3 aromatic rings. The molecule has 0 heterocycles. The van der Waals surface area contributed by atoms with Gasteiger partial charge in [-0.15, -0.1) is 0 Å². The zero-order valence-electron chi connectivity index (χ0n) is 23.1. The van der Waals surface area contributed by atoms with Crippen molar-refractivity contribution in [2.45, 2.75) is 44.3 Å². The van der Waals surface area contributed by atoms with Crippen molar-refractivity contribution in [1.29, 1.82) is 0 Å². The van der Waals surface area contributed by atoms with Gasteiger partial charge in [0.1, 0.15) is 24.1 Å². The van der Waals surface area contributed by atoms with Crippen molar-refractivity contribution < 1.29 is 27.5 Å². The molecule has 0 saturated carbocycles. The van der Waals surface area contributed by atoms with Gasteiger partial charge in [-0.3, -0.25) is 13.9 Å². The zero-order chi connectivity index (χ0) is 29.4. The molecule has 0 aliphatic heterocycles. The van der Waals surface area contributed by atoms with E-state index in [9.17, 15) is 18.0 Å². The van der Waals surface area contributed by atoms with Crippen LogP contribution < -0.4 is 19.1 Å². The van der Waals surface area contributed by atoms with E-state index in [4.69, 9.17) is 21.1 Å². The molecule has 3 rings (SSSR count). The summed E-state index contributed by atoms with van der Waals surface area (Å²) in [6, 6.07) is 18.3. The van der Waals surface area contributed by atoms with E-state index in [0.717, 1.165) is 9.87 Å². The second-order valence-corrected chi connectivity index (χ2v) is 11.6. The van der Waals surface area contributed by atoms with Gasteiger partial charge in [-0.1, -0.05) is 41.9 Å². The maximum Gasteiger partial charge on any atom is 0.264 e. The van der Waals surface area contributed by atoms with E-state index in [1.165, 1.54) is 36.3 Å². The van der Waals surface area contributed by atoms with Gasteiger partial charge in [0.15, 0.2) is 0 Å². The van der Waals surface area contributed by atoms with Crippen LogP contribution in [-0.4, -0.2) is 58.0 Å². The molecular weight excluding hydrogens is 554 g/mol. The molecule has 1 atom stereocenters. The third kappa shape index (κ3) is 7.45. The molecule has 0 saturated heterocycles. The van der Waals surface area contributed by atoms with Crippen molar-refractivity contribution in [1.82, 2.24) is 10.2 Å². The molecule has 0 unspecified atom stereocenters. The van der Waals surface area contributed by atoms with Crippen LogP contribution in [0.2, 0.25) is 5.02 Å². The number of nitrogens with one attached hydrogen (secondary N) is 1. The number of sulfonamides is 1. The van der Waals surface area contributed by atoms with Gasteiger partial charge in [0.05, 0.1) is 24.8 Å². The fraction of sp³-hybridized carbons (Fsp3) is 0.310. The second-order valence-electron chi connectivity index (χ2n) is 9.35. The summed E-state index contributed by atoms with van der Waals surface area (Å²) in [5, 5.41) is 3.09. The summed E-state index contributed by atoms with van der Waals surface area (Å²) in [5.74, 6) is -0.108. The molecule has 0 bridgehead atoms. The van der Waals surface area contributed by atoms with Crippen molar-refractivity contribution in [3.05, 3.63) is 83.4 Å². The molecule has 0 aliphatic carbocycles. The van der Waals surface area contributed by atoms with E-state index in [1.54, 1.807) is 62.6 Å². The summed E-state index contributed by atoms with van der Waals surface area (Å²) in [7, 11) is -1.30. The molecular formula is C29H34ClN3O6S. The first-order valence-electron chi connectivity index (χ1n) is 12.6. The van der Waals surface area contributed by atoms with E-state index in [-0.39, 0.29) is 39.8 Å². The lowest BCUT2D eigenvalue weighted by Crippen LogP contribution is -2.52. The third-order valence-corrected chi connectivity index (χ3v) is 8.14. The van der Waals surface area contributed by atoms with E-state index in [1.807, 2.05) is 13.8 Å². The summed E-state index contributed by atoms with van der Waals surface area (Å²) < 4.78 is 39.4. The van der Waals surface area contributed by atoms with Crippen molar-refractivity contribution in [3.8, 4) is 11.5 Å². The van der Waals surface area contributed by atoms with Crippen LogP contribution in [-0.2, 0) is 26.2 Å². The van der Waals surface area contributed by atoms with Crippen LogP contribution >= 0.6 is 11.6 Å². The van der Waals surface area contributed by atoms with E-state index >= 15 is 0 Å². The summed E-state index contributed by atoms with van der Waals surface area (Å²) in [5.41, 5.74) is 0.826. The number of rotatable bonds is 12. The van der Waals surface area contributed by atoms with Gasteiger partial charge in [0, 0.05) is 17.6 Å². The van der Waals surface area contributed by atoms with Crippen molar-refractivity contribution in [3.63, 3.8) is 0 Å². The maximum atomic E-state index is 14.0. The van der Waals surface area contributed by atoms with Crippen LogP contribution in [0.15, 0.2) is 77.7 Å². The van der Waals surface area contributed by atoms with Gasteiger partial charge in [0.2, 0.25) is 11.8 Å². The monoisotopic (exact) mass is 587 g/mol. The largest absolute Gasteiger partial charge is 0.497 e. The summed E-state index contributed by atoms with van der Waals surface area (Å²) >= 11 is 6.25. The number of halogens is 1. The Morgan fingerprint density at radius 3 is 2.15 bits per heavy atom. The topological polar surface area (TPSA) is 105 Å². The minimum absolute atomic E-state index is 0.0165. The molecule has 9 nitrogen and oxygen atoms in total. The summed E-state index contributed by atoms with van der Waals surface area (Å²) in [6.45, 7) is 4.69. The van der Waals surface area contributed by atoms with Gasteiger partial charge in [-0.05, 0) is 68.8 Å². The molecule has 0 spiro atoms. The van der Waals surface area contributed by atoms with Gasteiger partial charge < -0.3 is 19.7 Å². The summed E-state index contributed by atoms with van der Waals surface area (Å²) in [4.78, 5) is 28.3. The van der Waals surface area contributed by atoms with Crippen LogP contribution in [0.25, 0.3) is 0 Å². The predicted molar refractivity (Wildman–Crippen MR) is 155 cm³/mol. The molecule has 0 aromatic heterocycles. The Hall–Kier alpha value is -3.76. The molecule has 214 valence electrons. The van der Waals surface area contributed by atoms with Crippen molar-refractivity contribution >= 4 is 39.1 Å². The Bertz CT molecular complexity index is 1420. The number of hydrogen-bond acceptors (Lipinski definition) is 6. The minimum Gasteiger partial charge on any atom is -0.497 e. The second kappa shape index (κ2) is 13.5. The Labute approximate surface area is 240 Å². The Morgan fingerprint density at radius 2 is 1.57 bits per heavy atom. The average Bonchev–Trinajstić information content (AvgIpc) is 2.94. The SMILES string of the molecule is COc1ccc(CN(C(=O)CN(c2cc(Cl)ccc2OC)S(=O)(=O)c2ccccc2)[C@H](C)C(=O)NC(C)C)cc1. The van der Waals surface area contributed by atoms with E-state index in [0.29, 0.717) is 5.75 Å². The lowest BCUT2D eigenvalue weighted by molar-refractivity contribution is -0.139. The van der Waals surface area contributed by atoms with Crippen molar-refractivity contribution in [2.75, 3.05) is 25.1 Å². The van der Waals surface area contributed by atoms with Crippen LogP contribution in [0.1, 0.15) is 26.3 Å². The van der Waals surface area contributed by atoms with Crippen LogP contribution in [0.5, 0.6) is 11.5 Å². The minimum atomic E-state index is -4.25. The molecule has 0 aliphatic rings. The highest BCUT2D eigenvalue weighted by Crippen LogP contribution is 2.35. The van der Waals surface area contributed by atoms with Gasteiger partial charge in [-0.25, -0.2) is 8.42 Å². The molecule has 0 fully saturated rings.